The van der Waals surface area contributed by atoms with E-state index in [1.807, 2.05) is 55.4 Å². The van der Waals surface area contributed by atoms with Gasteiger partial charge in [0.15, 0.2) is 0 Å². The number of benzene rings is 2. The van der Waals surface area contributed by atoms with E-state index in [1.54, 1.807) is 18.2 Å². The first-order valence-electron chi connectivity index (χ1n) is 7.77. The molecule has 2 rings (SSSR count). The molecule has 0 saturated carbocycles. The Labute approximate surface area is 141 Å². The van der Waals surface area contributed by atoms with Crippen molar-refractivity contribution in [3.8, 4) is 0 Å². The van der Waals surface area contributed by atoms with E-state index in [1.165, 1.54) is 0 Å². The third-order valence-corrected chi connectivity index (χ3v) is 3.57. The maximum atomic E-state index is 12.4. The van der Waals surface area contributed by atoms with Crippen molar-refractivity contribution >= 4 is 11.9 Å². The molecule has 0 aromatic heterocycles. The number of aliphatic carboxylic acids is 1. The number of rotatable bonds is 7. The van der Waals surface area contributed by atoms with Gasteiger partial charge in [0.1, 0.15) is 6.04 Å². The number of amides is 1. The summed E-state index contributed by atoms with van der Waals surface area (Å²) in [6.07, 6.45) is 0.249. The zero-order valence-electron chi connectivity index (χ0n) is 13.9. The fraction of sp³-hybridized carbons (Fsp3) is 0.263. The highest BCUT2D eigenvalue weighted by molar-refractivity contribution is 5.96. The largest absolute Gasteiger partial charge is 0.480 e. The number of carbonyl (C=O) groups is 2. The van der Waals surface area contributed by atoms with Crippen molar-refractivity contribution in [1.82, 2.24) is 10.2 Å². The second kappa shape index (κ2) is 8.26. The van der Waals surface area contributed by atoms with Gasteiger partial charge in [0.25, 0.3) is 5.91 Å². The zero-order chi connectivity index (χ0) is 17.5. The molecule has 0 unspecified atom stereocenters. The molecule has 0 heterocycles. The fourth-order valence-corrected chi connectivity index (χ4v) is 2.47. The lowest BCUT2D eigenvalue weighted by Gasteiger charge is -2.15. The minimum Gasteiger partial charge on any atom is -0.480 e. The lowest BCUT2D eigenvalue weighted by atomic mass is 10.0. The predicted octanol–water partition coefficient (Wildman–Crippen LogP) is 2.17. The second-order valence-corrected chi connectivity index (χ2v) is 5.99. The molecular weight excluding hydrogens is 304 g/mol. The van der Waals surface area contributed by atoms with Crippen molar-refractivity contribution < 1.29 is 14.7 Å². The highest BCUT2D eigenvalue weighted by Crippen LogP contribution is 2.09. The Morgan fingerprint density at radius 2 is 1.71 bits per heavy atom. The summed E-state index contributed by atoms with van der Waals surface area (Å²) in [5, 5.41) is 12.0. The van der Waals surface area contributed by atoms with Gasteiger partial charge in [0, 0.05) is 18.5 Å². The zero-order valence-corrected chi connectivity index (χ0v) is 13.9. The third-order valence-electron chi connectivity index (χ3n) is 3.57. The monoisotopic (exact) mass is 326 g/mol. The number of nitrogens with one attached hydrogen (secondary N) is 1. The van der Waals surface area contributed by atoms with Crippen LogP contribution in [0.15, 0.2) is 54.6 Å². The summed E-state index contributed by atoms with van der Waals surface area (Å²) in [6, 6.07) is 15.5. The van der Waals surface area contributed by atoms with Gasteiger partial charge in [-0.1, -0.05) is 42.5 Å². The van der Waals surface area contributed by atoms with Crippen LogP contribution in [-0.2, 0) is 17.8 Å². The van der Waals surface area contributed by atoms with Crippen LogP contribution in [0.3, 0.4) is 0 Å². The van der Waals surface area contributed by atoms with Crippen molar-refractivity contribution in [2.45, 2.75) is 19.0 Å². The summed E-state index contributed by atoms with van der Waals surface area (Å²) in [7, 11) is 3.90. The number of carbonyl (C=O) groups excluding carboxylic acids is 1. The molecule has 2 aromatic carbocycles. The van der Waals surface area contributed by atoms with Gasteiger partial charge in [-0.25, -0.2) is 4.79 Å². The van der Waals surface area contributed by atoms with Gasteiger partial charge in [0.2, 0.25) is 0 Å². The molecule has 1 amide bonds. The minimum atomic E-state index is -1.04. The summed E-state index contributed by atoms with van der Waals surface area (Å²) < 4.78 is 0. The van der Waals surface area contributed by atoms with Crippen molar-refractivity contribution in [1.29, 1.82) is 0 Å². The molecule has 2 N–H and O–H groups in total. The Hall–Kier alpha value is -2.66. The normalized spacial score (nSPS) is 12.0. The lowest BCUT2D eigenvalue weighted by Crippen LogP contribution is -2.42. The van der Waals surface area contributed by atoms with Crippen LogP contribution in [0.1, 0.15) is 21.5 Å². The molecule has 0 bridgehead atoms. The first-order valence-corrected chi connectivity index (χ1v) is 7.77. The van der Waals surface area contributed by atoms with Crippen molar-refractivity contribution in [3.63, 3.8) is 0 Å². The highest BCUT2D eigenvalue weighted by Gasteiger charge is 2.21. The van der Waals surface area contributed by atoms with Crippen LogP contribution in [0.25, 0.3) is 0 Å². The molecule has 5 heteroatoms. The van der Waals surface area contributed by atoms with E-state index in [0.29, 0.717) is 12.1 Å². The van der Waals surface area contributed by atoms with Crippen LogP contribution in [0.5, 0.6) is 0 Å². The number of hydrogen-bond donors (Lipinski definition) is 2. The summed E-state index contributed by atoms with van der Waals surface area (Å²) in [5.74, 6) is -1.42. The molecule has 0 saturated heterocycles. The van der Waals surface area contributed by atoms with Gasteiger partial charge >= 0.3 is 5.97 Å². The lowest BCUT2D eigenvalue weighted by molar-refractivity contribution is -0.139. The molecule has 0 aliphatic heterocycles. The Morgan fingerprint density at radius 3 is 2.33 bits per heavy atom. The smallest absolute Gasteiger partial charge is 0.326 e. The number of nitrogens with zero attached hydrogens (tertiary/aromatic N) is 1. The van der Waals surface area contributed by atoms with Crippen molar-refractivity contribution in [2.75, 3.05) is 14.1 Å². The Kier molecular flexibility index (Phi) is 6.09. The summed E-state index contributed by atoms with van der Waals surface area (Å²) in [5.41, 5.74) is 2.34. The molecular formula is C19H22N2O3. The van der Waals surface area contributed by atoms with E-state index < -0.39 is 12.0 Å². The van der Waals surface area contributed by atoms with E-state index in [0.717, 1.165) is 11.1 Å². The molecule has 1 atom stereocenters. The van der Waals surface area contributed by atoms with E-state index in [-0.39, 0.29) is 12.3 Å². The SMILES string of the molecule is CN(C)Cc1cccc(C(=O)N[C@@H](Cc2ccccc2)C(=O)O)c1. The maximum absolute atomic E-state index is 12.4. The van der Waals surface area contributed by atoms with Crippen molar-refractivity contribution in [2.24, 2.45) is 0 Å². The highest BCUT2D eigenvalue weighted by atomic mass is 16.4. The molecule has 0 aliphatic carbocycles. The maximum Gasteiger partial charge on any atom is 0.326 e. The Morgan fingerprint density at radius 1 is 1.04 bits per heavy atom. The van der Waals surface area contributed by atoms with Gasteiger partial charge in [-0.05, 0) is 37.4 Å². The van der Waals surface area contributed by atoms with Crippen LogP contribution in [0.4, 0.5) is 0 Å². The molecule has 0 aliphatic rings. The summed E-state index contributed by atoms with van der Waals surface area (Å²) >= 11 is 0. The van der Waals surface area contributed by atoms with E-state index in [2.05, 4.69) is 5.32 Å². The van der Waals surface area contributed by atoms with Gasteiger partial charge in [-0.2, -0.15) is 0 Å². The summed E-state index contributed by atoms with van der Waals surface area (Å²) in [6.45, 7) is 0.716. The number of carboxylic acid groups (broad SMARTS) is 1. The van der Waals surface area contributed by atoms with Crippen LogP contribution in [-0.4, -0.2) is 42.0 Å². The number of hydrogen-bond acceptors (Lipinski definition) is 3. The second-order valence-electron chi connectivity index (χ2n) is 5.99. The molecule has 126 valence electrons. The molecule has 0 fully saturated rings. The Bertz CT molecular complexity index is 699. The quantitative estimate of drug-likeness (QED) is 0.818. The van der Waals surface area contributed by atoms with Gasteiger partial charge in [0.05, 0.1) is 0 Å². The fourth-order valence-electron chi connectivity index (χ4n) is 2.47. The summed E-state index contributed by atoms with van der Waals surface area (Å²) in [4.78, 5) is 25.9. The van der Waals surface area contributed by atoms with Crippen LogP contribution >= 0.6 is 0 Å². The van der Waals surface area contributed by atoms with E-state index >= 15 is 0 Å². The molecule has 0 radical (unpaired) electrons. The van der Waals surface area contributed by atoms with E-state index in [4.69, 9.17) is 0 Å². The van der Waals surface area contributed by atoms with Crippen LogP contribution in [0.2, 0.25) is 0 Å². The van der Waals surface area contributed by atoms with Gasteiger partial charge < -0.3 is 15.3 Å². The predicted molar refractivity (Wildman–Crippen MR) is 92.9 cm³/mol. The number of carboxylic acids is 1. The van der Waals surface area contributed by atoms with Crippen LogP contribution < -0.4 is 5.32 Å². The van der Waals surface area contributed by atoms with Crippen LogP contribution in [0, 0.1) is 0 Å². The van der Waals surface area contributed by atoms with Gasteiger partial charge in [-0.3, -0.25) is 4.79 Å². The molecule has 2 aromatic rings. The first-order chi connectivity index (χ1) is 11.5. The average Bonchev–Trinajstić information content (AvgIpc) is 2.54. The molecule has 5 nitrogen and oxygen atoms in total. The molecule has 24 heavy (non-hydrogen) atoms. The Balaban J connectivity index is 2.09. The first kappa shape index (κ1) is 17.7. The standard InChI is InChI=1S/C19H22N2O3/c1-21(2)13-15-9-6-10-16(11-15)18(22)20-17(19(23)24)12-14-7-4-3-5-8-14/h3-11,17H,12-13H2,1-2H3,(H,20,22)(H,23,24)/t17-/m0/s1. The third kappa shape index (κ3) is 5.21. The average molecular weight is 326 g/mol. The topological polar surface area (TPSA) is 69.6 Å². The van der Waals surface area contributed by atoms with Crippen molar-refractivity contribution in [3.05, 3.63) is 71.3 Å². The van der Waals surface area contributed by atoms with E-state index in [9.17, 15) is 14.7 Å². The molecule has 0 spiro atoms. The van der Waals surface area contributed by atoms with Gasteiger partial charge in [-0.15, -0.1) is 0 Å². The minimum absolute atomic E-state index is 0.249.